The van der Waals surface area contributed by atoms with Gasteiger partial charge in [-0.3, -0.25) is 14.6 Å². The summed E-state index contributed by atoms with van der Waals surface area (Å²) in [5, 5.41) is 12.1. The highest BCUT2D eigenvalue weighted by Gasteiger charge is 2.26. The molecular weight excluding hydrogens is 344 g/mol. The molecule has 0 saturated heterocycles. The van der Waals surface area contributed by atoms with Gasteiger partial charge < -0.3 is 15.2 Å². The van der Waals surface area contributed by atoms with E-state index in [-0.39, 0.29) is 24.3 Å². The number of rotatable bonds is 7. The predicted molar refractivity (Wildman–Crippen MR) is 100 cm³/mol. The summed E-state index contributed by atoms with van der Waals surface area (Å²) in [4.78, 5) is 27.4. The topological polar surface area (TPSA) is 88.5 Å². The van der Waals surface area contributed by atoms with Gasteiger partial charge in [0.15, 0.2) is 0 Å². The van der Waals surface area contributed by atoms with Crippen LogP contribution in [-0.2, 0) is 22.6 Å². The van der Waals surface area contributed by atoms with Gasteiger partial charge in [0.25, 0.3) is 0 Å². The summed E-state index contributed by atoms with van der Waals surface area (Å²) in [7, 11) is 0. The van der Waals surface area contributed by atoms with Crippen LogP contribution in [0.5, 0.6) is 5.75 Å². The lowest BCUT2D eigenvalue weighted by molar-refractivity contribution is -0.142. The van der Waals surface area contributed by atoms with Crippen molar-refractivity contribution in [3.8, 4) is 5.75 Å². The van der Waals surface area contributed by atoms with Crippen LogP contribution in [0.4, 0.5) is 0 Å². The number of aliphatic carboxylic acids is 1. The minimum Gasteiger partial charge on any atom is -0.489 e. The van der Waals surface area contributed by atoms with Gasteiger partial charge in [0.2, 0.25) is 5.91 Å². The monoisotopic (exact) mass is 368 g/mol. The number of carbonyl (C=O) groups excluding carboxylic acids is 1. The molecule has 0 aliphatic heterocycles. The van der Waals surface area contributed by atoms with Crippen LogP contribution in [0.2, 0.25) is 0 Å². The third kappa shape index (κ3) is 5.81. The van der Waals surface area contributed by atoms with E-state index in [1.807, 2.05) is 36.4 Å². The zero-order valence-electron chi connectivity index (χ0n) is 15.1. The van der Waals surface area contributed by atoms with E-state index in [2.05, 4.69) is 10.3 Å². The molecule has 27 heavy (non-hydrogen) atoms. The maximum atomic E-state index is 12.3. The summed E-state index contributed by atoms with van der Waals surface area (Å²) in [5.74, 6) is -0.334. The maximum absolute atomic E-state index is 12.3. The Labute approximate surface area is 158 Å². The van der Waals surface area contributed by atoms with E-state index >= 15 is 0 Å². The molecule has 3 rings (SSSR count). The van der Waals surface area contributed by atoms with Crippen molar-refractivity contribution < 1.29 is 19.4 Å². The summed E-state index contributed by atoms with van der Waals surface area (Å²) in [6.45, 7) is 0.427. The Morgan fingerprint density at radius 3 is 2.59 bits per heavy atom. The molecule has 1 aliphatic carbocycles. The number of nitrogens with zero attached hydrogens (tertiary/aromatic N) is 1. The third-order valence-corrected chi connectivity index (χ3v) is 4.83. The van der Waals surface area contributed by atoms with Crippen LogP contribution in [-0.4, -0.2) is 28.0 Å². The van der Waals surface area contributed by atoms with Crippen molar-refractivity contribution in [1.82, 2.24) is 10.3 Å². The molecule has 0 spiro atoms. The van der Waals surface area contributed by atoms with Crippen LogP contribution in [0.3, 0.4) is 0 Å². The van der Waals surface area contributed by atoms with Crippen LogP contribution in [0.25, 0.3) is 0 Å². The molecule has 0 atom stereocenters. The number of hydrogen-bond acceptors (Lipinski definition) is 4. The number of amides is 1. The van der Waals surface area contributed by atoms with Gasteiger partial charge >= 0.3 is 5.97 Å². The Morgan fingerprint density at radius 1 is 1.11 bits per heavy atom. The second-order valence-corrected chi connectivity index (χ2v) is 6.93. The number of carboxylic acids is 1. The van der Waals surface area contributed by atoms with Gasteiger partial charge in [0.1, 0.15) is 12.4 Å². The second-order valence-electron chi connectivity index (χ2n) is 6.93. The SMILES string of the molecule is O=C(Cc1cccc(OCc2cccnc2)c1)NC1CCC(C(=O)O)CC1. The van der Waals surface area contributed by atoms with Crippen LogP contribution in [0.15, 0.2) is 48.8 Å². The number of carbonyl (C=O) groups is 2. The highest BCUT2D eigenvalue weighted by Crippen LogP contribution is 2.24. The summed E-state index contributed by atoms with van der Waals surface area (Å²) in [5.41, 5.74) is 1.87. The number of hydrogen-bond donors (Lipinski definition) is 2. The lowest BCUT2D eigenvalue weighted by atomic mass is 9.86. The molecule has 1 aromatic carbocycles. The molecular formula is C21H24N2O4. The van der Waals surface area contributed by atoms with Gasteiger partial charge in [-0.2, -0.15) is 0 Å². The van der Waals surface area contributed by atoms with Crippen molar-refractivity contribution >= 4 is 11.9 Å². The zero-order chi connectivity index (χ0) is 19.1. The van der Waals surface area contributed by atoms with Crippen molar-refractivity contribution in [2.45, 2.75) is 44.8 Å². The van der Waals surface area contributed by atoms with Crippen molar-refractivity contribution in [2.75, 3.05) is 0 Å². The smallest absolute Gasteiger partial charge is 0.306 e. The number of carboxylic acid groups (broad SMARTS) is 1. The molecule has 2 N–H and O–H groups in total. The molecule has 0 bridgehead atoms. The van der Waals surface area contributed by atoms with Crippen LogP contribution in [0.1, 0.15) is 36.8 Å². The van der Waals surface area contributed by atoms with Crippen LogP contribution in [0, 0.1) is 5.92 Å². The number of benzene rings is 1. The van der Waals surface area contributed by atoms with Gasteiger partial charge in [0.05, 0.1) is 12.3 Å². The van der Waals surface area contributed by atoms with Crippen molar-refractivity contribution in [2.24, 2.45) is 5.92 Å². The molecule has 1 saturated carbocycles. The Hall–Kier alpha value is -2.89. The van der Waals surface area contributed by atoms with Gasteiger partial charge in [-0.25, -0.2) is 0 Å². The minimum absolute atomic E-state index is 0.0433. The summed E-state index contributed by atoms with van der Waals surface area (Å²) in [6.07, 6.45) is 6.44. The second kappa shape index (κ2) is 9.16. The molecule has 142 valence electrons. The molecule has 1 amide bonds. The van der Waals surface area contributed by atoms with E-state index < -0.39 is 5.97 Å². The Morgan fingerprint density at radius 2 is 1.89 bits per heavy atom. The fraction of sp³-hybridized carbons (Fsp3) is 0.381. The van der Waals surface area contributed by atoms with E-state index in [1.54, 1.807) is 12.4 Å². The quantitative estimate of drug-likeness (QED) is 0.784. The van der Waals surface area contributed by atoms with E-state index in [9.17, 15) is 9.59 Å². The molecule has 6 nitrogen and oxygen atoms in total. The normalized spacial score (nSPS) is 19.3. The lowest BCUT2D eigenvalue weighted by Gasteiger charge is -2.26. The standard InChI is InChI=1S/C21H24N2O4/c24-20(23-18-8-6-17(7-9-18)21(25)26)12-15-3-1-5-19(11-15)27-14-16-4-2-10-22-13-16/h1-5,10-11,13,17-18H,6-9,12,14H2,(H,23,24)(H,25,26). The largest absolute Gasteiger partial charge is 0.489 e. The average Bonchev–Trinajstić information content (AvgIpc) is 2.68. The van der Waals surface area contributed by atoms with E-state index in [4.69, 9.17) is 9.84 Å². The molecule has 2 aromatic rings. The molecule has 1 heterocycles. The van der Waals surface area contributed by atoms with Crippen LogP contribution < -0.4 is 10.1 Å². The predicted octanol–water partition coefficient (Wildman–Crippen LogP) is 2.96. The third-order valence-electron chi connectivity index (χ3n) is 4.83. The lowest BCUT2D eigenvalue weighted by Crippen LogP contribution is -2.39. The van der Waals surface area contributed by atoms with Gasteiger partial charge in [0, 0.05) is 24.0 Å². The van der Waals surface area contributed by atoms with Crippen LogP contribution >= 0.6 is 0 Å². The Kier molecular flexibility index (Phi) is 6.41. The van der Waals surface area contributed by atoms with E-state index in [0.717, 1.165) is 24.0 Å². The first-order valence-corrected chi connectivity index (χ1v) is 9.23. The molecule has 0 radical (unpaired) electrons. The van der Waals surface area contributed by atoms with Crippen molar-refractivity contribution in [3.05, 3.63) is 59.9 Å². The van der Waals surface area contributed by atoms with E-state index in [1.165, 1.54) is 0 Å². The molecule has 1 fully saturated rings. The first-order valence-electron chi connectivity index (χ1n) is 9.23. The highest BCUT2D eigenvalue weighted by atomic mass is 16.5. The molecule has 6 heteroatoms. The number of ether oxygens (including phenoxy) is 1. The number of aromatic nitrogens is 1. The fourth-order valence-corrected chi connectivity index (χ4v) is 3.34. The summed E-state index contributed by atoms with van der Waals surface area (Å²) in [6, 6.07) is 11.4. The Balaban J connectivity index is 1.47. The van der Waals surface area contributed by atoms with Crippen molar-refractivity contribution in [3.63, 3.8) is 0 Å². The summed E-state index contributed by atoms with van der Waals surface area (Å²) >= 11 is 0. The maximum Gasteiger partial charge on any atom is 0.306 e. The Bertz CT molecular complexity index is 771. The first kappa shape index (κ1) is 18.9. The highest BCUT2D eigenvalue weighted by molar-refractivity contribution is 5.79. The van der Waals surface area contributed by atoms with Gasteiger partial charge in [-0.15, -0.1) is 0 Å². The molecule has 1 aromatic heterocycles. The zero-order valence-corrected chi connectivity index (χ0v) is 15.1. The van der Waals surface area contributed by atoms with Gasteiger partial charge in [-0.1, -0.05) is 18.2 Å². The van der Waals surface area contributed by atoms with Gasteiger partial charge in [-0.05, 0) is 49.4 Å². The molecule has 1 aliphatic rings. The number of nitrogens with one attached hydrogen (secondary N) is 1. The summed E-state index contributed by atoms with van der Waals surface area (Å²) < 4.78 is 5.77. The average molecular weight is 368 g/mol. The minimum atomic E-state index is -0.733. The first-order chi connectivity index (χ1) is 13.1. The van der Waals surface area contributed by atoms with Crippen molar-refractivity contribution in [1.29, 1.82) is 0 Å². The fourth-order valence-electron chi connectivity index (χ4n) is 3.34. The van der Waals surface area contributed by atoms with E-state index in [0.29, 0.717) is 25.2 Å². The molecule has 0 unspecified atom stereocenters. The number of pyridine rings is 1.